The van der Waals surface area contributed by atoms with Crippen LogP contribution in [0.1, 0.15) is 21.7 Å². The minimum Gasteiger partial charge on any atom is -0.478 e. The predicted molar refractivity (Wildman–Crippen MR) is 98.2 cm³/mol. The van der Waals surface area contributed by atoms with Crippen molar-refractivity contribution in [2.75, 3.05) is 10.6 Å². The van der Waals surface area contributed by atoms with E-state index in [-0.39, 0.29) is 5.56 Å². The van der Waals surface area contributed by atoms with Gasteiger partial charge in [0.05, 0.1) is 16.8 Å². The molecule has 0 amide bonds. The van der Waals surface area contributed by atoms with Crippen LogP contribution in [0.3, 0.4) is 0 Å². The number of aromatic nitrogens is 2. The van der Waals surface area contributed by atoms with Gasteiger partial charge in [-0.2, -0.15) is 13.2 Å². The third-order valence-corrected chi connectivity index (χ3v) is 3.74. The maximum atomic E-state index is 12.7. The van der Waals surface area contributed by atoms with Gasteiger partial charge in [0.2, 0.25) is 0 Å². The van der Waals surface area contributed by atoms with Crippen LogP contribution in [0.2, 0.25) is 0 Å². The van der Waals surface area contributed by atoms with E-state index in [4.69, 9.17) is 0 Å². The molecule has 144 valence electrons. The zero-order valence-corrected chi connectivity index (χ0v) is 14.6. The number of halogens is 3. The van der Waals surface area contributed by atoms with Gasteiger partial charge < -0.3 is 15.7 Å². The van der Waals surface area contributed by atoms with Gasteiger partial charge in [-0.05, 0) is 43.3 Å². The molecular weight excluding hydrogens is 373 g/mol. The van der Waals surface area contributed by atoms with E-state index in [2.05, 4.69) is 20.6 Å². The van der Waals surface area contributed by atoms with Gasteiger partial charge in [-0.1, -0.05) is 12.1 Å². The molecule has 0 atom stereocenters. The number of hydrogen-bond acceptors (Lipinski definition) is 5. The average Bonchev–Trinajstić information content (AvgIpc) is 2.61. The minimum absolute atomic E-state index is 0.0796. The Morgan fingerprint density at radius 3 is 2.18 bits per heavy atom. The van der Waals surface area contributed by atoms with Crippen LogP contribution >= 0.6 is 0 Å². The molecule has 6 nitrogen and oxygen atoms in total. The smallest absolute Gasteiger partial charge is 0.416 e. The number of hydrogen-bond donors (Lipinski definition) is 3. The van der Waals surface area contributed by atoms with Gasteiger partial charge in [0, 0.05) is 11.8 Å². The SMILES string of the molecule is Cc1nc(Nc2ccc(C(F)(F)F)cc2)cc(Nc2ccccc2C(=O)O)n1. The zero-order valence-electron chi connectivity index (χ0n) is 14.6. The van der Waals surface area contributed by atoms with Gasteiger partial charge in [0.1, 0.15) is 17.5 Å². The molecule has 28 heavy (non-hydrogen) atoms. The molecule has 0 spiro atoms. The Bertz CT molecular complexity index is 1000. The van der Waals surface area contributed by atoms with Crippen molar-refractivity contribution in [1.82, 2.24) is 9.97 Å². The van der Waals surface area contributed by atoms with Crippen molar-refractivity contribution in [2.24, 2.45) is 0 Å². The Hall–Kier alpha value is -3.62. The molecule has 0 saturated heterocycles. The van der Waals surface area contributed by atoms with E-state index in [9.17, 15) is 23.1 Å². The second-order valence-corrected chi connectivity index (χ2v) is 5.86. The third kappa shape index (κ3) is 4.56. The van der Waals surface area contributed by atoms with Crippen molar-refractivity contribution in [3.8, 4) is 0 Å². The van der Waals surface area contributed by atoms with Crippen LogP contribution in [0.4, 0.5) is 36.2 Å². The molecule has 0 radical (unpaired) electrons. The summed E-state index contributed by atoms with van der Waals surface area (Å²) in [4.78, 5) is 19.7. The molecule has 0 saturated carbocycles. The standard InChI is InChI=1S/C19H15F3N4O2/c1-11-23-16(25-13-8-6-12(7-9-13)19(20,21)22)10-17(24-11)26-15-5-3-2-4-14(15)18(27)28/h2-10H,1H3,(H,27,28)(H2,23,24,25,26). The van der Waals surface area contributed by atoms with E-state index in [1.807, 2.05) is 0 Å². The number of nitrogens with zero attached hydrogens (tertiary/aromatic N) is 2. The van der Waals surface area contributed by atoms with Crippen LogP contribution in [0.5, 0.6) is 0 Å². The summed E-state index contributed by atoms with van der Waals surface area (Å²) in [5, 5.41) is 15.1. The number of aromatic carboxylic acids is 1. The van der Waals surface area contributed by atoms with Gasteiger partial charge >= 0.3 is 12.1 Å². The van der Waals surface area contributed by atoms with Crippen molar-refractivity contribution >= 4 is 29.0 Å². The summed E-state index contributed by atoms with van der Waals surface area (Å²) >= 11 is 0. The van der Waals surface area contributed by atoms with Crippen LogP contribution in [0.15, 0.2) is 54.6 Å². The lowest BCUT2D eigenvalue weighted by Crippen LogP contribution is -2.06. The summed E-state index contributed by atoms with van der Waals surface area (Å²) in [5.41, 5.74) is 0.108. The highest BCUT2D eigenvalue weighted by Gasteiger charge is 2.29. The first kappa shape index (κ1) is 19.2. The molecule has 9 heteroatoms. The molecule has 0 aliphatic carbocycles. The molecule has 0 aliphatic heterocycles. The summed E-state index contributed by atoms with van der Waals surface area (Å²) in [6.45, 7) is 1.65. The summed E-state index contributed by atoms with van der Waals surface area (Å²) in [5.74, 6) is 0.00220. The number of rotatable bonds is 5. The van der Waals surface area contributed by atoms with E-state index in [1.165, 1.54) is 24.3 Å². The average molecular weight is 388 g/mol. The third-order valence-electron chi connectivity index (χ3n) is 3.74. The summed E-state index contributed by atoms with van der Waals surface area (Å²) in [6.07, 6.45) is -4.40. The maximum Gasteiger partial charge on any atom is 0.416 e. The van der Waals surface area contributed by atoms with E-state index in [1.54, 1.807) is 25.1 Å². The van der Waals surface area contributed by atoms with E-state index in [0.717, 1.165) is 12.1 Å². The second kappa shape index (κ2) is 7.55. The van der Waals surface area contributed by atoms with Crippen LogP contribution in [0, 0.1) is 6.92 Å². The number of benzene rings is 2. The minimum atomic E-state index is -4.40. The first-order valence-corrected chi connectivity index (χ1v) is 8.12. The first-order chi connectivity index (χ1) is 13.2. The van der Waals surface area contributed by atoms with Gasteiger partial charge in [0.15, 0.2) is 0 Å². The number of nitrogens with one attached hydrogen (secondary N) is 2. The van der Waals surface area contributed by atoms with Gasteiger partial charge in [-0.25, -0.2) is 14.8 Å². The Balaban J connectivity index is 1.83. The highest BCUT2D eigenvalue weighted by atomic mass is 19.4. The Labute approximate surface area is 158 Å². The molecule has 0 fully saturated rings. The van der Waals surface area contributed by atoms with Crippen molar-refractivity contribution in [1.29, 1.82) is 0 Å². The Kier molecular flexibility index (Phi) is 5.16. The van der Waals surface area contributed by atoms with Crippen molar-refractivity contribution < 1.29 is 23.1 Å². The molecule has 0 aliphatic rings. The molecular formula is C19H15F3N4O2. The van der Waals surface area contributed by atoms with E-state index >= 15 is 0 Å². The van der Waals surface area contributed by atoms with Crippen LogP contribution in [-0.4, -0.2) is 21.0 Å². The van der Waals surface area contributed by atoms with Crippen molar-refractivity contribution in [2.45, 2.75) is 13.1 Å². The normalized spacial score (nSPS) is 11.1. The number of carbonyl (C=O) groups is 1. The highest BCUT2D eigenvalue weighted by Crippen LogP contribution is 2.30. The van der Waals surface area contributed by atoms with Crippen LogP contribution in [0.25, 0.3) is 0 Å². The topological polar surface area (TPSA) is 87.1 Å². The molecule has 3 N–H and O–H groups in total. The number of para-hydroxylation sites is 1. The lowest BCUT2D eigenvalue weighted by atomic mass is 10.2. The Morgan fingerprint density at radius 2 is 1.57 bits per heavy atom. The molecule has 3 aromatic rings. The molecule has 0 bridgehead atoms. The molecule has 2 aromatic carbocycles. The van der Waals surface area contributed by atoms with Crippen LogP contribution in [-0.2, 0) is 6.18 Å². The number of alkyl halides is 3. The van der Waals surface area contributed by atoms with Gasteiger partial charge in [-0.15, -0.1) is 0 Å². The number of carboxylic acids is 1. The van der Waals surface area contributed by atoms with E-state index in [0.29, 0.717) is 28.8 Å². The highest BCUT2D eigenvalue weighted by molar-refractivity contribution is 5.95. The fourth-order valence-corrected chi connectivity index (χ4v) is 2.50. The van der Waals surface area contributed by atoms with E-state index < -0.39 is 17.7 Å². The molecule has 0 unspecified atom stereocenters. The van der Waals surface area contributed by atoms with Crippen molar-refractivity contribution in [3.05, 3.63) is 71.5 Å². The fraction of sp³-hybridized carbons (Fsp3) is 0.105. The van der Waals surface area contributed by atoms with Gasteiger partial charge in [0.25, 0.3) is 0 Å². The van der Waals surface area contributed by atoms with Crippen molar-refractivity contribution in [3.63, 3.8) is 0 Å². The summed E-state index contributed by atoms with van der Waals surface area (Å²) in [6, 6.07) is 12.4. The maximum absolute atomic E-state index is 12.7. The summed E-state index contributed by atoms with van der Waals surface area (Å²) < 4.78 is 38.0. The fourth-order valence-electron chi connectivity index (χ4n) is 2.50. The predicted octanol–water partition coefficient (Wildman–Crippen LogP) is 4.99. The number of anilines is 4. The number of carboxylic acid groups (broad SMARTS) is 1. The molecule has 1 aromatic heterocycles. The quantitative estimate of drug-likeness (QED) is 0.571. The Morgan fingerprint density at radius 1 is 0.964 bits per heavy atom. The molecule has 1 heterocycles. The monoisotopic (exact) mass is 388 g/mol. The van der Waals surface area contributed by atoms with Crippen LogP contribution < -0.4 is 10.6 Å². The second-order valence-electron chi connectivity index (χ2n) is 5.86. The zero-order chi connectivity index (χ0) is 20.3. The van der Waals surface area contributed by atoms with Gasteiger partial charge in [-0.3, -0.25) is 0 Å². The first-order valence-electron chi connectivity index (χ1n) is 8.12. The number of aryl methyl sites for hydroxylation is 1. The lowest BCUT2D eigenvalue weighted by Gasteiger charge is -2.12. The largest absolute Gasteiger partial charge is 0.478 e. The molecule has 3 rings (SSSR count). The summed E-state index contributed by atoms with van der Waals surface area (Å²) in [7, 11) is 0. The lowest BCUT2D eigenvalue weighted by molar-refractivity contribution is -0.137.